The highest BCUT2D eigenvalue weighted by Gasteiger charge is 2.38. The van der Waals surface area contributed by atoms with Gasteiger partial charge in [-0.25, -0.2) is 18.0 Å². The predicted octanol–water partition coefficient (Wildman–Crippen LogP) is 3.55. The van der Waals surface area contributed by atoms with Crippen LogP contribution in [-0.2, 0) is 14.8 Å². The standard InChI is InChI=1S/C16H24N2O4S.C2HF3O2/c1-2-23(21,22)17-13-8-9-15(14(12-13)16(19)20)18-10-6-4-3-5-7-11-18;3-2(4,5)1(6)7/h8-9,12,17H,2-7,10-11H2,1H3,(H,19,20);(H,6,7). The second kappa shape index (κ2) is 11.0. The first-order chi connectivity index (χ1) is 13.9. The molecule has 0 aromatic heterocycles. The second-order valence-corrected chi connectivity index (χ2v) is 8.61. The Morgan fingerprint density at radius 3 is 2.00 bits per heavy atom. The third-order valence-electron chi connectivity index (χ3n) is 4.32. The zero-order valence-electron chi connectivity index (χ0n) is 16.4. The van der Waals surface area contributed by atoms with Crippen LogP contribution in [0.3, 0.4) is 0 Å². The lowest BCUT2D eigenvalue weighted by Crippen LogP contribution is -2.28. The van der Waals surface area contributed by atoms with Gasteiger partial charge in [-0.1, -0.05) is 19.3 Å². The van der Waals surface area contributed by atoms with Crippen LogP contribution in [0.2, 0.25) is 0 Å². The number of carboxylic acid groups (broad SMARTS) is 2. The van der Waals surface area contributed by atoms with Crippen molar-refractivity contribution in [3.05, 3.63) is 23.8 Å². The first-order valence-corrected chi connectivity index (χ1v) is 11.0. The van der Waals surface area contributed by atoms with Gasteiger partial charge in [-0.15, -0.1) is 0 Å². The number of nitrogens with zero attached hydrogens (tertiary/aromatic N) is 1. The molecular formula is C18H25F3N2O6S. The molecule has 12 heteroatoms. The van der Waals surface area contributed by atoms with E-state index in [1.54, 1.807) is 12.1 Å². The molecule has 1 fully saturated rings. The highest BCUT2D eigenvalue weighted by molar-refractivity contribution is 7.92. The lowest BCUT2D eigenvalue weighted by atomic mass is 10.1. The maximum Gasteiger partial charge on any atom is 0.490 e. The van der Waals surface area contributed by atoms with Gasteiger partial charge >= 0.3 is 18.1 Å². The summed E-state index contributed by atoms with van der Waals surface area (Å²) < 4.78 is 57.4. The van der Waals surface area contributed by atoms with E-state index in [1.807, 2.05) is 0 Å². The largest absolute Gasteiger partial charge is 0.490 e. The summed E-state index contributed by atoms with van der Waals surface area (Å²) in [5.41, 5.74) is 1.10. The summed E-state index contributed by atoms with van der Waals surface area (Å²) in [6.07, 6.45) is 0.560. The Bertz CT molecular complexity index is 835. The SMILES string of the molecule is CCS(=O)(=O)Nc1ccc(N2CCCCCCC2)c(C(=O)O)c1.O=C(O)C(F)(F)F. The first-order valence-electron chi connectivity index (χ1n) is 9.30. The number of carboxylic acids is 2. The monoisotopic (exact) mass is 454 g/mol. The summed E-state index contributed by atoms with van der Waals surface area (Å²) in [4.78, 5) is 22.6. The maximum absolute atomic E-state index is 11.7. The minimum absolute atomic E-state index is 0.0523. The topological polar surface area (TPSA) is 124 Å². The number of aliphatic carboxylic acids is 1. The van der Waals surface area contributed by atoms with E-state index < -0.39 is 28.1 Å². The molecule has 30 heavy (non-hydrogen) atoms. The fourth-order valence-electron chi connectivity index (χ4n) is 2.79. The van der Waals surface area contributed by atoms with Crippen molar-refractivity contribution in [1.82, 2.24) is 0 Å². The average Bonchev–Trinajstić information content (AvgIpc) is 2.61. The molecule has 1 heterocycles. The fourth-order valence-corrected chi connectivity index (χ4v) is 3.42. The predicted molar refractivity (Wildman–Crippen MR) is 105 cm³/mol. The van der Waals surface area contributed by atoms with E-state index in [9.17, 15) is 31.5 Å². The zero-order valence-corrected chi connectivity index (χ0v) is 17.2. The van der Waals surface area contributed by atoms with Crippen LogP contribution in [0, 0.1) is 0 Å². The van der Waals surface area contributed by atoms with Gasteiger partial charge in [0.25, 0.3) is 0 Å². The number of sulfonamides is 1. The minimum atomic E-state index is -5.08. The number of nitrogens with one attached hydrogen (secondary N) is 1. The quantitative estimate of drug-likeness (QED) is 0.621. The number of carbonyl (C=O) groups is 2. The minimum Gasteiger partial charge on any atom is -0.478 e. The molecule has 1 aromatic carbocycles. The smallest absolute Gasteiger partial charge is 0.478 e. The third kappa shape index (κ3) is 8.47. The molecule has 0 aliphatic carbocycles. The lowest BCUT2D eigenvalue weighted by Gasteiger charge is -2.28. The fraction of sp³-hybridized carbons (Fsp3) is 0.556. The Balaban J connectivity index is 0.000000553. The number of benzene rings is 1. The van der Waals surface area contributed by atoms with Gasteiger partial charge in [0.15, 0.2) is 0 Å². The molecule has 1 saturated heterocycles. The molecule has 170 valence electrons. The number of hydrogen-bond donors (Lipinski definition) is 3. The maximum atomic E-state index is 11.7. The third-order valence-corrected chi connectivity index (χ3v) is 5.63. The van der Waals surface area contributed by atoms with E-state index in [0.717, 1.165) is 38.8 Å². The molecule has 1 aliphatic heterocycles. The zero-order chi connectivity index (χ0) is 22.9. The van der Waals surface area contributed by atoms with Crippen molar-refractivity contribution in [2.75, 3.05) is 28.5 Å². The molecule has 1 aliphatic rings. The number of anilines is 2. The van der Waals surface area contributed by atoms with E-state index in [0.29, 0.717) is 11.4 Å². The normalized spacial score (nSPS) is 15.3. The highest BCUT2D eigenvalue weighted by Crippen LogP contribution is 2.27. The number of hydrogen-bond acceptors (Lipinski definition) is 5. The van der Waals surface area contributed by atoms with E-state index in [-0.39, 0.29) is 11.3 Å². The Kier molecular flexibility index (Phi) is 9.40. The average molecular weight is 454 g/mol. The van der Waals surface area contributed by atoms with Crippen LogP contribution in [0.5, 0.6) is 0 Å². The molecule has 1 aromatic rings. The van der Waals surface area contributed by atoms with Gasteiger partial charge in [-0.3, -0.25) is 4.72 Å². The number of alkyl halides is 3. The Morgan fingerprint density at radius 2 is 1.57 bits per heavy atom. The summed E-state index contributed by atoms with van der Waals surface area (Å²) in [5, 5.41) is 16.6. The number of aromatic carboxylic acids is 1. The Hall–Kier alpha value is -2.50. The van der Waals surface area contributed by atoms with Crippen LogP contribution >= 0.6 is 0 Å². The highest BCUT2D eigenvalue weighted by atomic mass is 32.2. The van der Waals surface area contributed by atoms with E-state index in [4.69, 9.17) is 9.90 Å². The van der Waals surface area contributed by atoms with Gasteiger partial charge in [0.05, 0.1) is 17.0 Å². The van der Waals surface area contributed by atoms with Crippen LogP contribution in [0.15, 0.2) is 18.2 Å². The van der Waals surface area contributed by atoms with Crippen molar-refractivity contribution in [3.63, 3.8) is 0 Å². The van der Waals surface area contributed by atoms with Crippen LogP contribution < -0.4 is 9.62 Å². The molecule has 8 nitrogen and oxygen atoms in total. The Labute approximate surface area is 172 Å². The molecule has 3 N–H and O–H groups in total. The molecule has 2 rings (SSSR count). The van der Waals surface area contributed by atoms with Gasteiger partial charge in [-0.05, 0) is 38.0 Å². The number of rotatable bonds is 5. The molecule has 0 unspecified atom stereocenters. The summed E-state index contributed by atoms with van der Waals surface area (Å²) in [7, 11) is -3.42. The van der Waals surface area contributed by atoms with Crippen molar-refractivity contribution >= 4 is 33.3 Å². The molecule has 0 radical (unpaired) electrons. The molecule has 0 spiro atoms. The van der Waals surface area contributed by atoms with Crippen LogP contribution in [0.25, 0.3) is 0 Å². The van der Waals surface area contributed by atoms with Gasteiger partial charge in [0.1, 0.15) is 0 Å². The summed E-state index contributed by atoms with van der Waals surface area (Å²) in [6.45, 7) is 3.20. The van der Waals surface area contributed by atoms with Gasteiger partial charge in [0.2, 0.25) is 10.0 Å². The van der Waals surface area contributed by atoms with Crippen molar-refractivity contribution in [2.24, 2.45) is 0 Å². The van der Waals surface area contributed by atoms with Gasteiger partial charge in [0, 0.05) is 18.8 Å². The molecule has 0 bridgehead atoms. The Morgan fingerprint density at radius 1 is 1.07 bits per heavy atom. The van der Waals surface area contributed by atoms with Crippen LogP contribution in [-0.4, -0.2) is 55.6 Å². The van der Waals surface area contributed by atoms with Crippen molar-refractivity contribution < 1.29 is 41.4 Å². The van der Waals surface area contributed by atoms with Crippen molar-refractivity contribution in [3.8, 4) is 0 Å². The molecule has 0 amide bonds. The van der Waals surface area contributed by atoms with E-state index >= 15 is 0 Å². The summed E-state index contributed by atoms with van der Waals surface area (Å²) >= 11 is 0. The van der Waals surface area contributed by atoms with E-state index in [2.05, 4.69) is 9.62 Å². The molecular weight excluding hydrogens is 429 g/mol. The van der Waals surface area contributed by atoms with Gasteiger partial charge < -0.3 is 15.1 Å². The van der Waals surface area contributed by atoms with Crippen molar-refractivity contribution in [2.45, 2.75) is 45.2 Å². The van der Waals surface area contributed by atoms with Crippen LogP contribution in [0.4, 0.5) is 24.5 Å². The van der Waals surface area contributed by atoms with E-state index in [1.165, 1.54) is 19.4 Å². The molecule has 0 atom stereocenters. The molecule has 0 saturated carbocycles. The van der Waals surface area contributed by atoms with Crippen LogP contribution in [0.1, 0.15) is 49.4 Å². The first kappa shape index (κ1) is 25.5. The summed E-state index contributed by atoms with van der Waals surface area (Å²) in [6, 6.07) is 4.75. The summed E-state index contributed by atoms with van der Waals surface area (Å²) in [5.74, 6) is -3.85. The number of halogens is 3. The second-order valence-electron chi connectivity index (χ2n) is 6.60. The van der Waals surface area contributed by atoms with Crippen molar-refractivity contribution in [1.29, 1.82) is 0 Å². The van der Waals surface area contributed by atoms with Gasteiger partial charge in [-0.2, -0.15) is 13.2 Å². The lowest BCUT2D eigenvalue weighted by molar-refractivity contribution is -0.192.